The smallest absolute Gasteiger partial charge is 0.230 e. The molecule has 0 bridgehead atoms. The number of ether oxygens (including phenoxy) is 1. The maximum atomic E-state index is 13.3. The van der Waals surface area contributed by atoms with Gasteiger partial charge < -0.3 is 14.8 Å². The van der Waals surface area contributed by atoms with Gasteiger partial charge in [-0.1, -0.05) is 23.4 Å². The number of oxime groups is 1. The number of halogens is 1. The van der Waals surface area contributed by atoms with Crippen molar-refractivity contribution in [3.05, 3.63) is 65.6 Å². The number of pyridine rings is 1. The molecule has 1 aliphatic rings. The van der Waals surface area contributed by atoms with Crippen molar-refractivity contribution in [1.29, 1.82) is 0 Å². The van der Waals surface area contributed by atoms with E-state index in [1.807, 2.05) is 30.0 Å². The molecule has 6 heteroatoms. The zero-order valence-corrected chi connectivity index (χ0v) is 12.6. The molecule has 118 valence electrons. The van der Waals surface area contributed by atoms with Gasteiger partial charge in [0.1, 0.15) is 11.6 Å². The van der Waals surface area contributed by atoms with E-state index in [4.69, 9.17) is 4.74 Å². The lowest BCUT2D eigenvalue weighted by Crippen LogP contribution is -2.29. The molecule has 0 aliphatic carbocycles. The first-order chi connectivity index (χ1) is 11.2. The van der Waals surface area contributed by atoms with E-state index in [0.717, 1.165) is 5.69 Å². The molecular weight excluding hydrogens is 297 g/mol. The third-order valence-electron chi connectivity index (χ3n) is 3.46. The minimum absolute atomic E-state index is 0.273. The summed E-state index contributed by atoms with van der Waals surface area (Å²) < 4.78 is 19.1. The van der Waals surface area contributed by atoms with Gasteiger partial charge >= 0.3 is 0 Å². The second-order valence-corrected chi connectivity index (χ2v) is 5.16. The van der Waals surface area contributed by atoms with E-state index >= 15 is 0 Å². The Balaban J connectivity index is 1.97. The number of aromatic nitrogens is 1. The third kappa shape index (κ3) is 3.31. The molecule has 5 nitrogen and oxygen atoms in total. The van der Waals surface area contributed by atoms with Gasteiger partial charge in [0.05, 0.1) is 5.56 Å². The second-order valence-electron chi connectivity index (χ2n) is 5.16. The van der Waals surface area contributed by atoms with Crippen LogP contribution in [0.4, 0.5) is 4.39 Å². The summed E-state index contributed by atoms with van der Waals surface area (Å²) in [4.78, 5) is 6.23. The molecule has 0 fully saturated rings. The van der Waals surface area contributed by atoms with Crippen LogP contribution in [0.5, 0.6) is 11.6 Å². The quantitative estimate of drug-likeness (QED) is 0.310. The van der Waals surface area contributed by atoms with Gasteiger partial charge in [0.15, 0.2) is 5.84 Å². The van der Waals surface area contributed by atoms with Crippen molar-refractivity contribution in [2.75, 3.05) is 13.1 Å². The lowest BCUT2D eigenvalue weighted by Gasteiger charge is -2.20. The third-order valence-corrected chi connectivity index (χ3v) is 3.46. The molecule has 0 amide bonds. The Morgan fingerprint density at radius 1 is 1.26 bits per heavy atom. The fourth-order valence-electron chi connectivity index (χ4n) is 2.36. The maximum absolute atomic E-state index is 13.3. The molecule has 0 spiro atoms. The number of aryl methyl sites for hydroxylation is 1. The van der Waals surface area contributed by atoms with Gasteiger partial charge in [0.25, 0.3) is 0 Å². The SMILES string of the molecule is Cc1ccc(/C(=N/O)N2CC=CC2)c(Oc2cccc(F)c2)n1. The molecule has 0 unspecified atom stereocenters. The van der Waals surface area contributed by atoms with Gasteiger partial charge in [-0.15, -0.1) is 0 Å². The number of rotatable bonds is 3. The molecule has 1 aromatic heterocycles. The largest absolute Gasteiger partial charge is 0.438 e. The Morgan fingerprint density at radius 3 is 2.74 bits per heavy atom. The minimum Gasteiger partial charge on any atom is -0.438 e. The average molecular weight is 313 g/mol. The summed E-state index contributed by atoms with van der Waals surface area (Å²) in [5.41, 5.74) is 1.29. The van der Waals surface area contributed by atoms with Crippen LogP contribution in [0.25, 0.3) is 0 Å². The summed E-state index contributed by atoms with van der Waals surface area (Å²) in [5.74, 6) is 0.585. The van der Waals surface area contributed by atoms with Gasteiger partial charge in [-0.3, -0.25) is 0 Å². The molecule has 0 atom stereocenters. The van der Waals surface area contributed by atoms with Crippen LogP contribution in [0.15, 0.2) is 53.7 Å². The van der Waals surface area contributed by atoms with E-state index in [1.54, 1.807) is 18.2 Å². The number of nitrogens with zero attached hydrogens (tertiary/aromatic N) is 3. The van der Waals surface area contributed by atoms with Crippen LogP contribution >= 0.6 is 0 Å². The number of amidine groups is 1. The maximum Gasteiger partial charge on any atom is 0.230 e. The van der Waals surface area contributed by atoms with Crippen molar-refractivity contribution in [2.24, 2.45) is 5.16 Å². The summed E-state index contributed by atoms with van der Waals surface area (Å²) in [7, 11) is 0. The molecule has 2 heterocycles. The van der Waals surface area contributed by atoms with Crippen molar-refractivity contribution in [3.63, 3.8) is 0 Å². The van der Waals surface area contributed by atoms with Gasteiger partial charge in [-0.05, 0) is 31.2 Å². The van der Waals surface area contributed by atoms with Gasteiger partial charge in [-0.25, -0.2) is 9.37 Å². The fraction of sp³-hybridized carbons (Fsp3) is 0.176. The van der Waals surface area contributed by atoms with E-state index in [1.165, 1.54) is 12.1 Å². The average Bonchev–Trinajstić information content (AvgIpc) is 3.04. The van der Waals surface area contributed by atoms with Gasteiger partial charge in [0, 0.05) is 24.8 Å². The minimum atomic E-state index is -0.392. The van der Waals surface area contributed by atoms with E-state index < -0.39 is 5.82 Å². The first-order valence-electron chi connectivity index (χ1n) is 7.21. The first-order valence-corrected chi connectivity index (χ1v) is 7.21. The highest BCUT2D eigenvalue weighted by Crippen LogP contribution is 2.26. The molecule has 0 saturated carbocycles. The van der Waals surface area contributed by atoms with Crippen molar-refractivity contribution >= 4 is 5.84 Å². The monoisotopic (exact) mass is 313 g/mol. The normalized spacial score (nSPS) is 14.3. The summed E-state index contributed by atoms with van der Waals surface area (Å²) in [6, 6.07) is 9.41. The fourth-order valence-corrected chi connectivity index (χ4v) is 2.36. The van der Waals surface area contributed by atoms with E-state index in [0.29, 0.717) is 30.2 Å². The molecule has 0 saturated heterocycles. The molecule has 3 rings (SSSR count). The van der Waals surface area contributed by atoms with Crippen LogP contribution < -0.4 is 4.74 Å². The van der Waals surface area contributed by atoms with Crippen LogP contribution in [0.3, 0.4) is 0 Å². The molecule has 1 aromatic carbocycles. The Bertz CT molecular complexity index is 766. The molecule has 0 radical (unpaired) electrons. The van der Waals surface area contributed by atoms with Crippen molar-refractivity contribution < 1.29 is 14.3 Å². The molecular formula is C17H16FN3O2. The Kier molecular flexibility index (Phi) is 4.23. The summed E-state index contributed by atoms with van der Waals surface area (Å²) >= 11 is 0. The number of hydrogen-bond donors (Lipinski definition) is 1. The van der Waals surface area contributed by atoms with Gasteiger partial charge in [-0.2, -0.15) is 0 Å². The van der Waals surface area contributed by atoms with Gasteiger partial charge in [0.2, 0.25) is 5.88 Å². The van der Waals surface area contributed by atoms with Crippen LogP contribution in [-0.2, 0) is 0 Å². The Hall–Kier alpha value is -2.89. The van der Waals surface area contributed by atoms with Crippen LogP contribution in [0, 0.1) is 12.7 Å². The standard InChI is InChI=1S/C17H16FN3O2/c1-12-7-8-15(16(20-22)21-9-2-3-10-21)17(19-12)23-14-6-4-5-13(18)11-14/h2-8,11,22H,9-10H2,1H3/b20-16-. The Labute approximate surface area is 133 Å². The van der Waals surface area contributed by atoms with Crippen LogP contribution in [0.1, 0.15) is 11.3 Å². The van der Waals surface area contributed by atoms with Crippen LogP contribution in [-0.4, -0.2) is 34.0 Å². The van der Waals surface area contributed by atoms with Crippen molar-refractivity contribution in [3.8, 4) is 11.6 Å². The van der Waals surface area contributed by atoms with Crippen molar-refractivity contribution in [1.82, 2.24) is 9.88 Å². The lowest BCUT2D eigenvalue weighted by molar-refractivity contribution is 0.307. The molecule has 2 aromatic rings. The molecule has 1 N–H and O–H groups in total. The summed E-state index contributed by atoms with van der Waals surface area (Å²) in [6.07, 6.45) is 3.97. The highest BCUT2D eigenvalue weighted by molar-refractivity contribution is 6.00. The number of benzene rings is 1. The van der Waals surface area contributed by atoms with Crippen molar-refractivity contribution in [2.45, 2.75) is 6.92 Å². The predicted molar refractivity (Wildman–Crippen MR) is 84.5 cm³/mol. The molecule has 1 aliphatic heterocycles. The topological polar surface area (TPSA) is 58.0 Å². The molecule has 23 heavy (non-hydrogen) atoms. The summed E-state index contributed by atoms with van der Waals surface area (Å²) in [6.45, 7) is 3.12. The predicted octanol–water partition coefficient (Wildman–Crippen LogP) is 3.33. The zero-order chi connectivity index (χ0) is 16.2. The Morgan fingerprint density at radius 2 is 2.04 bits per heavy atom. The first kappa shape index (κ1) is 15.0. The highest BCUT2D eigenvalue weighted by Gasteiger charge is 2.21. The van der Waals surface area contributed by atoms with E-state index in [-0.39, 0.29) is 5.88 Å². The van der Waals surface area contributed by atoms with Crippen LogP contribution in [0.2, 0.25) is 0 Å². The second kappa shape index (κ2) is 6.48. The summed E-state index contributed by atoms with van der Waals surface area (Å²) in [5, 5.41) is 12.8. The van der Waals surface area contributed by atoms with E-state index in [2.05, 4.69) is 10.1 Å². The highest BCUT2D eigenvalue weighted by atomic mass is 19.1. The zero-order valence-electron chi connectivity index (χ0n) is 12.6. The van der Waals surface area contributed by atoms with E-state index in [9.17, 15) is 9.60 Å². The number of hydrogen-bond acceptors (Lipinski definition) is 4. The lowest BCUT2D eigenvalue weighted by atomic mass is 10.2.